The van der Waals surface area contributed by atoms with E-state index in [-0.39, 0.29) is 0 Å². The fourth-order valence-electron chi connectivity index (χ4n) is 12.2. The summed E-state index contributed by atoms with van der Waals surface area (Å²) in [5, 5.41) is 11.9. The molecule has 16 aromatic rings. The normalized spacial score (nSPS) is 12.2. The van der Waals surface area contributed by atoms with Crippen molar-refractivity contribution < 1.29 is 4.42 Å². The first-order valence-corrected chi connectivity index (χ1v) is 24.3. The van der Waals surface area contributed by atoms with Crippen molar-refractivity contribution >= 4 is 109 Å². The van der Waals surface area contributed by atoms with E-state index in [1.54, 1.807) is 0 Å². The average molecular weight is 905 g/mol. The van der Waals surface area contributed by atoms with Crippen molar-refractivity contribution in [3.8, 4) is 33.9 Å². The maximum absolute atomic E-state index is 7.31. The third-order valence-corrected chi connectivity index (χ3v) is 15.1. The fourth-order valence-corrected chi connectivity index (χ4v) is 12.2. The zero-order valence-electron chi connectivity index (χ0n) is 38.3. The summed E-state index contributed by atoms with van der Waals surface area (Å²) in [6, 6.07) is 88.2. The van der Waals surface area contributed by atoms with Crippen molar-refractivity contribution in [1.29, 1.82) is 0 Å². The van der Waals surface area contributed by atoms with E-state index in [0.717, 1.165) is 72.4 Å². The molecular formula is C66H40N4O. The Labute approximate surface area is 406 Å². The van der Waals surface area contributed by atoms with Crippen molar-refractivity contribution in [3.63, 3.8) is 0 Å². The van der Waals surface area contributed by atoms with Gasteiger partial charge in [-0.1, -0.05) is 158 Å². The molecule has 16 rings (SSSR count). The largest absolute Gasteiger partial charge is 0.453 e. The van der Waals surface area contributed by atoms with E-state index in [2.05, 4.69) is 261 Å². The molecule has 0 bridgehead atoms. The Balaban J connectivity index is 0.934. The van der Waals surface area contributed by atoms with E-state index in [9.17, 15) is 0 Å². The number of nitrogens with zero attached hydrogens (tertiary/aromatic N) is 4. The van der Waals surface area contributed by atoms with Gasteiger partial charge in [0.15, 0.2) is 5.58 Å². The number of para-hydroxylation sites is 8. The number of hydrogen-bond donors (Lipinski definition) is 0. The van der Waals surface area contributed by atoms with Crippen LogP contribution in [-0.2, 0) is 0 Å². The fraction of sp³-hybridized carbons (Fsp3) is 0. The van der Waals surface area contributed by atoms with Crippen LogP contribution >= 0.6 is 0 Å². The van der Waals surface area contributed by atoms with Gasteiger partial charge in [-0.25, -0.2) is 0 Å². The van der Waals surface area contributed by atoms with Crippen LogP contribution in [0, 0.1) is 0 Å². The molecule has 0 saturated carbocycles. The number of furan rings is 1. The maximum atomic E-state index is 7.31. The highest BCUT2D eigenvalue weighted by Crippen LogP contribution is 2.46. The van der Waals surface area contributed by atoms with E-state index in [0.29, 0.717) is 0 Å². The summed E-state index contributed by atoms with van der Waals surface area (Å²) in [4.78, 5) is 0. The second-order valence-corrected chi connectivity index (χ2v) is 18.8. The third-order valence-electron chi connectivity index (χ3n) is 15.1. The summed E-state index contributed by atoms with van der Waals surface area (Å²) >= 11 is 0. The number of fused-ring (bicyclic) bond motifs is 16. The summed E-state index contributed by atoms with van der Waals surface area (Å²) in [5.74, 6) is 0. The molecule has 5 aromatic heterocycles. The molecule has 0 radical (unpaired) electrons. The average Bonchev–Trinajstić information content (AvgIpc) is 4.23. The summed E-state index contributed by atoms with van der Waals surface area (Å²) in [6.45, 7) is 0. The molecule has 0 saturated heterocycles. The number of aromatic nitrogens is 4. The van der Waals surface area contributed by atoms with Gasteiger partial charge in [-0.15, -0.1) is 0 Å². The van der Waals surface area contributed by atoms with Crippen molar-refractivity contribution in [3.05, 3.63) is 243 Å². The molecule has 0 fully saturated rings. The minimum atomic E-state index is 0.860. The van der Waals surface area contributed by atoms with Crippen molar-refractivity contribution in [2.24, 2.45) is 0 Å². The van der Waals surface area contributed by atoms with Gasteiger partial charge in [0.05, 0.1) is 49.8 Å². The lowest BCUT2D eigenvalue weighted by Gasteiger charge is -2.10. The first-order chi connectivity index (χ1) is 35.3. The molecule has 0 aliphatic heterocycles. The molecule has 0 spiro atoms. The summed E-state index contributed by atoms with van der Waals surface area (Å²) in [7, 11) is 0. The molecule has 0 aliphatic rings. The van der Waals surface area contributed by atoms with E-state index < -0.39 is 0 Å². The second-order valence-electron chi connectivity index (χ2n) is 18.8. The van der Waals surface area contributed by atoms with Gasteiger partial charge in [-0.3, -0.25) is 0 Å². The first kappa shape index (κ1) is 38.4. The zero-order valence-corrected chi connectivity index (χ0v) is 38.3. The predicted molar refractivity (Wildman–Crippen MR) is 297 cm³/mol. The highest BCUT2D eigenvalue weighted by molar-refractivity contribution is 6.27. The van der Waals surface area contributed by atoms with E-state index in [1.807, 2.05) is 0 Å². The standard InChI is InChI=1S/C66H40N4O/c1-4-18-42(19-5-1)67-55-30-13-11-25-47(55)53-39-62-54(40-61(53)67)48-35-34-41(38-60(48)68(62)43-20-6-2-7-21-43)45-27-16-28-50-51-29-17-33-59(66(51)71-65(45)50)70-57-32-15-12-26-52(57)63-58(70)37-36-49-46-24-10-14-31-56(46)69(64(49)63)44-22-8-3-9-23-44/h1-40H. The molecule has 0 unspecified atom stereocenters. The Bertz CT molecular complexity index is 4850. The quantitative estimate of drug-likeness (QED) is 0.169. The lowest BCUT2D eigenvalue weighted by molar-refractivity contribution is 0.667. The minimum absolute atomic E-state index is 0.860. The topological polar surface area (TPSA) is 32.9 Å². The lowest BCUT2D eigenvalue weighted by atomic mass is 10.0. The predicted octanol–water partition coefficient (Wildman–Crippen LogP) is 17.6. The van der Waals surface area contributed by atoms with Crippen LogP contribution in [0.3, 0.4) is 0 Å². The Morgan fingerprint density at radius 1 is 0.254 bits per heavy atom. The molecule has 5 heteroatoms. The molecule has 0 aliphatic carbocycles. The molecule has 0 atom stereocenters. The van der Waals surface area contributed by atoms with Crippen LogP contribution < -0.4 is 0 Å². The van der Waals surface area contributed by atoms with E-state index in [4.69, 9.17) is 4.42 Å². The molecule has 5 nitrogen and oxygen atoms in total. The summed E-state index contributed by atoms with van der Waals surface area (Å²) in [5.41, 5.74) is 17.7. The Morgan fingerprint density at radius 3 is 1.38 bits per heavy atom. The highest BCUT2D eigenvalue weighted by atomic mass is 16.3. The zero-order chi connectivity index (χ0) is 46.3. The maximum Gasteiger partial charge on any atom is 0.159 e. The lowest BCUT2D eigenvalue weighted by Crippen LogP contribution is -1.95. The Hall–Kier alpha value is -9.58. The van der Waals surface area contributed by atoms with Gasteiger partial charge in [-0.05, 0) is 90.5 Å². The van der Waals surface area contributed by atoms with Gasteiger partial charge in [0.25, 0.3) is 0 Å². The molecular weight excluding hydrogens is 865 g/mol. The van der Waals surface area contributed by atoms with Crippen LogP contribution in [0.5, 0.6) is 0 Å². The van der Waals surface area contributed by atoms with Crippen molar-refractivity contribution in [2.75, 3.05) is 0 Å². The van der Waals surface area contributed by atoms with Gasteiger partial charge >= 0.3 is 0 Å². The van der Waals surface area contributed by atoms with E-state index in [1.165, 1.54) is 70.7 Å². The second kappa shape index (κ2) is 14.5. The number of hydrogen-bond acceptors (Lipinski definition) is 1. The SMILES string of the molecule is c1ccc(-n2c3ccccc3c3cc4c(cc32)c2ccc(-c3cccc5c3oc3c(-n6c7ccccc7c7c6ccc6c8ccccc8n(-c8ccccc8)c67)cccc35)cc2n4-c2ccccc2)cc1. The van der Waals surface area contributed by atoms with Gasteiger partial charge in [-0.2, -0.15) is 0 Å². The van der Waals surface area contributed by atoms with Gasteiger partial charge in [0, 0.05) is 76.5 Å². The van der Waals surface area contributed by atoms with E-state index >= 15 is 0 Å². The van der Waals surface area contributed by atoms with Crippen LogP contribution in [0.15, 0.2) is 247 Å². The highest BCUT2D eigenvalue weighted by Gasteiger charge is 2.24. The van der Waals surface area contributed by atoms with Crippen LogP contribution in [-0.4, -0.2) is 18.3 Å². The van der Waals surface area contributed by atoms with Crippen LogP contribution in [0.1, 0.15) is 0 Å². The van der Waals surface area contributed by atoms with Gasteiger partial charge in [0.1, 0.15) is 5.58 Å². The first-order valence-electron chi connectivity index (χ1n) is 24.3. The molecule has 5 heterocycles. The van der Waals surface area contributed by atoms with Gasteiger partial charge < -0.3 is 22.7 Å². The number of rotatable bonds is 5. The van der Waals surface area contributed by atoms with Crippen molar-refractivity contribution in [2.45, 2.75) is 0 Å². The summed E-state index contributed by atoms with van der Waals surface area (Å²) < 4.78 is 17.0. The number of benzene rings is 11. The van der Waals surface area contributed by atoms with Crippen LogP contribution in [0.4, 0.5) is 0 Å². The smallest absolute Gasteiger partial charge is 0.159 e. The van der Waals surface area contributed by atoms with Crippen LogP contribution in [0.2, 0.25) is 0 Å². The Kier molecular flexibility index (Phi) is 7.82. The van der Waals surface area contributed by atoms with Gasteiger partial charge in [0.2, 0.25) is 0 Å². The molecule has 0 amide bonds. The molecule has 0 N–H and O–H groups in total. The molecule has 11 aromatic carbocycles. The third kappa shape index (κ3) is 5.29. The summed E-state index contributed by atoms with van der Waals surface area (Å²) in [6.07, 6.45) is 0. The molecule has 71 heavy (non-hydrogen) atoms. The minimum Gasteiger partial charge on any atom is -0.453 e. The Morgan fingerprint density at radius 2 is 0.718 bits per heavy atom. The van der Waals surface area contributed by atoms with Crippen molar-refractivity contribution in [1.82, 2.24) is 18.3 Å². The van der Waals surface area contributed by atoms with Crippen LogP contribution in [0.25, 0.3) is 143 Å². The molecule has 330 valence electrons. The monoisotopic (exact) mass is 904 g/mol.